The first kappa shape index (κ1) is 65.8. The van der Waals surface area contributed by atoms with Gasteiger partial charge in [0.05, 0.1) is 0 Å². The van der Waals surface area contributed by atoms with Crippen molar-refractivity contribution < 1.29 is 28.6 Å². The maximum Gasteiger partial charge on any atom is 0.306 e. The molecule has 0 heterocycles. The maximum atomic E-state index is 12.8. The van der Waals surface area contributed by atoms with Crippen LogP contribution in [0.3, 0.4) is 0 Å². The molecule has 0 radical (unpaired) electrons. The molecule has 0 saturated heterocycles. The summed E-state index contributed by atoms with van der Waals surface area (Å²) in [7, 11) is 0. The van der Waals surface area contributed by atoms with Crippen LogP contribution in [0.5, 0.6) is 0 Å². The zero-order valence-electron chi connectivity index (χ0n) is 44.9. The van der Waals surface area contributed by atoms with Gasteiger partial charge in [0.1, 0.15) is 13.2 Å². The van der Waals surface area contributed by atoms with E-state index in [-0.39, 0.29) is 44.0 Å². The third kappa shape index (κ3) is 55.6. The molecule has 0 aliphatic rings. The molecule has 0 aliphatic carbocycles. The van der Waals surface area contributed by atoms with Crippen molar-refractivity contribution in [1.29, 1.82) is 0 Å². The highest BCUT2D eigenvalue weighted by molar-refractivity contribution is 5.71. The number of hydrogen-bond donors (Lipinski definition) is 0. The summed E-state index contributed by atoms with van der Waals surface area (Å²) < 4.78 is 16.7. The number of esters is 3. The summed E-state index contributed by atoms with van der Waals surface area (Å²) in [5, 5.41) is 0. The van der Waals surface area contributed by atoms with Crippen LogP contribution in [0.4, 0.5) is 0 Å². The molecule has 6 nitrogen and oxygen atoms in total. The molecule has 0 aromatic heterocycles. The molecule has 0 saturated carbocycles. The fourth-order valence-electron chi connectivity index (χ4n) is 6.68. The number of ether oxygens (including phenoxy) is 3. The Bertz CT molecular complexity index is 1690. The van der Waals surface area contributed by atoms with E-state index in [2.05, 4.69) is 179 Å². The van der Waals surface area contributed by atoms with Gasteiger partial charge < -0.3 is 14.2 Å². The lowest BCUT2D eigenvalue weighted by Gasteiger charge is -2.18. The molecule has 0 amide bonds. The van der Waals surface area contributed by atoms with Crippen LogP contribution in [0.1, 0.15) is 201 Å². The lowest BCUT2D eigenvalue weighted by Crippen LogP contribution is -2.30. The maximum absolute atomic E-state index is 12.8. The third-order valence-electron chi connectivity index (χ3n) is 10.7. The van der Waals surface area contributed by atoms with E-state index in [1.54, 1.807) is 0 Å². The molecular formula is C65H98O6. The minimum Gasteiger partial charge on any atom is -0.462 e. The summed E-state index contributed by atoms with van der Waals surface area (Å²) in [5.74, 6) is -1.08. The average Bonchev–Trinajstić information content (AvgIpc) is 3.37. The molecule has 1 unspecified atom stereocenters. The predicted octanol–water partition coefficient (Wildman–Crippen LogP) is 18.8. The van der Waals surface area contributed by atoms with Crippen LogP contribution in [0.15, 0.2) is 170 Å². The second kappa shape index (κ2) is 57.3. The quantitative estimate of drug-likeness (QED) is 0.0262. The highest BCUT2D eigenvalue weighted by atomic mass is 16.6. The molecule has 6 heteroatoms. The first-order valence-electron chi connectivity index (χ1n) is 27.6. The molecule has 0 aromatic carbocycles. The molecule has 71 heavy (non-hydrogen) atoms. The standard InChI is InChI=1S/C65H98O6/c1-4-7-10-13-16-19-22-25-28-31-32-35-37-40-43-46-49-52-55-58-64(67)70-61-62(71-65(68)59-56-53-50-47-44-41-38-34-30-27-24-21-18-15-12-9-6-3)60-69-63(66)57-54-51-48-45-42-39-36-33-29-26-23-20-17-14-11-8-5-2/h7-12,16-21,25-30,32,35-36,38-41,43,49,52,62H,4-6,13-15,22-24,31,33-34,37,42,44-48,50-51,53-61H2,1-3H3/b10-7-,11-8-,12-9-,19-16-,20-17-,21-18-,28-25-,29-26-,30-27-,35-32-,39-36-,41-38-,43-40-,52-49-. The van der Waals surface area contributed by atoms with Crippen LogP contribution in [-0.2, 0) is 28.6 Å². The van der Waals surface area contributed by atoms with E-state index >= 15 is 0 Å². The second-order valence-corrected chi connectivity index (χ2v) is 17.3. The smallest absolute Gasteiger partial charge is 0.306 e. The molecule has 0 N–H and O–H groups in total. The van der Waals surface area contributed by atoms with E-state index in [4.69, 9.17) is 14.2 Å². The summed E-state index contributed by atoms with van der Waals surface area (Å²) in [4.78, 5) is 38.1. The second-order valence-electron chi connectivity index (χ2n) is 17.3. The minimum absolute atomic E-state index is 0.133. The van der Waals surface area contributed by atoms with Crippen molar-refractivity contribution in [3.05, 3.63) is 170 Å². The Morgan fingerprint density at radius 3 is 0.859 bits per heavy atom. The van der Waals surface area contributed by atoms with Gasteiger partial charge in [-0.05, 0) is 135 Å². The Balaban J connectivity index is 4.63. The summed E-state index contributed by atoms with van der Waals surface area (Å²) in [5.41, 5.74) is 0. The summed E-state index contributed by atoms with van der Waals surface area (Å²) >= 11 is 0. The molecule has 0 rings (SSSR count). The van der Waals surface area contributed by atoms with Gasteiger partial charge in [-0.25, -0.2) is 0 Å². The Hall–Kier alpha value is -5.23. The highest BCUT2D eigenvalue weighted by Gasteiger charge is 2.19. The molecule has 0 aromatic rings. The van der Waals surface area contributed by atoms with Crippen molar-refractivity contribution in [3.63, 3.8) is 0 Å². The van der Waals surface area contributed by atoms with Gasteiger partial charge in [-0.2, -0.15) is 0 Å². The van der Waals surface area contributed by atoms with E-state index in [1.807, 2.05) is 12.2 Å². The van der Waals surface area contributed by atoms with E-state index in [0.717, 1.165) is 148 Å². The van der Waals surface area contributed by atoms with Crippen LogP contribution in [0.2, 0.25) is 0 Å². The van der Waals surface area contributed by atoms with E-state index < -0.39 is 6.10 Å². The van der Waals surface area contributed by atoms with Crippen molar-refractivity contribution in [2.45, 2.75) is 207 Å². The summed E-state index contributed by atoms with van der Waals surface area (Å²) in [6.07, 6.45) is 84.9. The number of rotatable bonds is 47. The van der Waals surface area contributed by atoms with Crippen molar-refractivity contribution >= 4 is 17.9 Å². The molecule has 394 valence electrons. The topological polar surface area (TPSA) is 78.9 Å². The molecular weight excluding hydrogens is 877 g/mol. The van der Waals surface area contributed by atoms with Crippen molar-refractivity contribution in [1.82, 2.24) is 0 Å². The molecule has 0 spiro atoms. The lowest BCUT2D eigenvalue weighted by atomic mass is 10.1. The van der Waals surface area contributed by atoms with Gasteiger partial charge in [0.15, 0.2) is 6.10 Å². The number of hydrogen-bond acceptors (Lipinski definition) is 6. The minimum atomic E-state index is -0.842. The number of carbonyl (C=O) groups excluding carboxylic acids is 3. The van der Waals surface area contributed by atoms with Crippen LogP contribution < -0.4 is 0 Å². The van der Waals surface area contributed by atoms with Crippen LogP contribution >= 0.6 is 0 Å². The molecule has 0 fully saturated rings. The summed E-state index contributed by atoms with van der Waals surface area (Å²) in [6, 6.07) is 0. The summed E-state index contributed by atoms with van der Waals surface area (Å²) in [6.45, 7) is 6.16. The largest absolute Gasteiger partial charge is 0.462 e. The Morgan fingerprint density at radius 2 is 0.535 bits per heavy atom. The zero-order valence-corrected chi connectivity index (χ0v) is 44.9. The first-order chi connectivity index (χ1) is 35.0. The van der Waals surface area contributed by atoms with Crippen molar-refractivity contribution in [3.8, 4) is 0 Å². The Morgan fingerprint density at radius 1 is 0.282 bits per heavy atom. The lowest BCUT2D eigenvalue weighted by molar-refractivity contribution is -0.166. The van der Waals surface area contributed by atoms with E-state index in [0.29, 0.717) is 19.3 Å². The first-order valence-corrected chi connectivity index (χ1v) is 27.6. The molecule has 1 atom stereocenters. The van der Waals surface area contributed by atoms with Gasteiger partial charge in [-0.15, -0.1) is 0 Å². The Labute approximate surface area is 434 Å². The molecule has 0 bridgehead atoms. The van der Waals surface area contributed by atoms with Gasteiger partial charge in [0.2, 0.25) is 0 Å². The monoisotopic (exact) mass is 975 g/mol. The van der Waals surface area contributed by atoms with Crippen molar-refractivity contribution in [2.24, 2.45) is 0 Å². The zero-order chi connectivity index (χ0) is 51.4. The number of unbranched alkanes of at least 4 members (excludes halogenated alkanes) is 8. The Kier molecular flexibility index (Phi) is 53.1. The van der Waals surface area contributed by atoms with E-state index in [9.17, 15) is 14.4 Å². The third-order valence-corrected chi connectivity index (χ3v) is 10.7. The van der Waals surface area contributed by atoms with Gasteiger partial charge in [0, 0.05) is 19.3 Å². The SMILES string of the molecule is CC/C=C\C/C=C\C/C=C\C/C=C\C/C=C\C/C=C\CCC(=O)OCC(COC(=O)CCCCCC/C=C\C/C=C\C/C=C\C/C=C\CC)OC(=O)CCCCCC/C=C\C/C=C\C/C=C\C/C=C\CC. The highest BCUT2D eigenvalue weighted by Crippen LogP contribution is 2.11. The fourth-order valence-corrected chi connectivity index (χ4v) is 6.68. The van der Waals surface area contributed by atoms with Gasteiger partial charge in [0.25, 0.3) is 0 Å². The van der Waals surface area contributed by atoms with Gasteiger partial charge in [-0.3, -0.25) is 14.4 Å². The average molecular weight is 975 g/mol. The van der Waals surface area contributed by atoms with Gasteiger partial charge in [-0.1, -0.05) is 217 Å². The van der Waals surface area contributed by atoms with Crippen LogP contribution in [0, 0.1) is 0 Å². The normalized spacial score (nSPS) is 13.5. The predicted molar refractivity (Wildman–Crippen MR) is 306 cm³/mol. The van der Waals surface area contributed by atoms with Gasteiger partial charge >= 0.3 is 17.9 Å². The van der Waals surface area contributed by atoms with Crippen LogP contribution in [-0.4, -0.2) is 37.2 Å². The van der Waals surface area contributed by atoms with Crippen molar-refractivity contribution in [2.75, 3.05) is 13.2 Å². The van der Waals surface area contributed by atoms with Crippen LogP contribution in [0.25, 0.3) is 0 Å². The fraction of sp³-hybridized carbons (Fsp3) is 0.523. The number of carbonyl (C=O) groups is 3. The van der Waals surface area contributed by atoms with E-state index in [1.165, 1.54) is 0 Å². The molecule has 0 aliphatic heterocycles. The number of allylic oxidation sites excluding steroid dienone is 28.